The maximum absolute atomic E-state index is 5.49. The van der Waals surface area contributed by atoms with Gasteiger partial charge >= 0.3 is 0 Å². The summed E-state index contributed by atoms with van der Waals surface area (Å²) < 4.78 is 12.1. The van der Waals surface area contributed by atoms with Gasteiger partial charge in [0.05, 0.1) is 0 Å². The maximum Gasteiger partial charge on any atom is 0.189 e. The largest absolute Gasteiger partial charge is 0.468 e. The average Bonchev–Trinajstić information content (AvgIpc) is 2.15. The molecule has 0 N–H and O–H groups in total. The molecular formula is C12H19IO2Si. The Labute approximate surface area is 112 Å². The standard InChI is InChI=1S/C12H19IO2Si/c1-16(2,3)8-7-14-10-15-12-6-4-5-11(13)9-12/h4-6,9H,7-8,10H2,1-3H3. The zero-order chi connectivity index (χ0) is 12.0. The van der Waals surface area contributed by atoms with Crippen LogP contribution in [0, 0.1) is 3.57 Å². The second kappa shape index (κ2) is 6.61. The molecule has 16 heavy (non-hydrogen) atoms. The molecule has 1 rings (SSSR count). The first-order valence-corrected chi connectivity index (χ1v) is 10.2. The molecule has 90 valence electrons. The molecule has 0 aliphatic rings. The van der Waals surface area contributed by atoms with E-state index < -0.39 is 8.07 Å². The van der Waals surface area contributed by atoms with Crippen molar-refractivity contribution in [2.24, 2.45) is 0 Å². The minimum Gasteiger partial charge on any atom is -0.468 e. The van der Waals surface area contributed by atoms with E-state index >= 15 is 0 Å². The van der Waals surface area contributed by atoms with Crippen molar-refractivity contribution in [2.45, 2.75) is 25.7 Å². The van der Waals surface area contributed by atoms with E-state index in [1.54, 1.807) is 0 Å². The number of halogens is 1. The lowest BCUT2D eigenvalue weighted by molar-refractivity contribution is 0.0220. The van der Waals surface area contributed by atoms with Crippen LogP contribution in [0.5, 0.6) is 5.75 Å². The summed E-state index contributed by atoms with van der Waals surface area (Å²) in [6.07, 6.45) is 0. The zero-order valence-electron chi connectivity index (χ0n) is 10.1. The molecule has 0 aromatic heterocycles. The summed E-state index contributed by atoms with van der Waals surface area (Å²) in [6.45, 7) is 8.19. The topological polar surface area (TPSA) is 18.5 Å². The van der Waals surface area contributed by atoms with Gasteiger partial charge in [0.15, 0.2) is 6.79 Å². The molecule has 0 saturated heterocycles. The highest BCUT2D eigenvalue weighted by Gasteiger charge is 2.11. The fourth-order valence-corrected chi connectivity index (χ4v) is 2.38. The summed E-state index contributed by atoms with van der Waals surface area (Å²) in [5.74, 6) is 0.875. The van der Waals surface area contributed by atoms with Crippen LogP contribution < -0.4 is 4.74 Å². The van der Waals surface area contributed by atoms with Gasteiger partial charge in [-0.3, -0.25) is 0 Å². The van der Waals surface area contributed by atoms with Gasteiger partial charge in [-0.05, 0) is 46.8 Å². The van der Waals surface area contributed by atoms with Crippen LogP contribution in [-0.4, -0.2) is 21.5 Å². The number of benzene rings is 1. The number of hydrogen-bond donors (Lipinski definition) is 0. The van der Waals surface area contributed by atoms with E-state index in [2.05, 4.69) is 42.2 Å². The maximum atomic E-state index is 5.49. The molecule has 0 saturated carbocycles. The van der Waals surface area contributed by atoms with Crippen molar-refractivity contribution in [2.75, 3.05) is 13.4 Å². The molecule has 0 bridgehead atoms. The summed E-state index contributed by atoms with van der Waals surface area (Å²) in [5, 5.41) is 0. The van der Waals surface area contributed by atoms with Crippen LogP contribution in [0.2, 0.25) is 25.7 Å². The smallest absolute Gasteiger partial charge is 0.189 e. The molecule has 0 heterocycles. The van der Waals surface area contributed by atoms with E-state index in [0.717, 1.165) is 12.4 Å². The fraction of sp³-hybridized carbons (Fsp3) is 0.500. The Balaban J connectivity index is 2.17. The molecule has 0 aliphatic carbocycles. The first kappa shape index (κ1) is 14.0. The van der Waals surface area contributed by atoms with Gasteiger partial charge in [-0.2, -0.15) is 0 Å². The van der Waals surface area contributed by atoms with Crippen molar-refractivity contribution in [1.29, 1.82) is 0 Å². The van der Waals surface area contributed by atoms with Gasteiger partial charge < -0.3 is 9.47 Å². The molecule has 0 aliphatic heterocycles. The zero-order valence-corrected chi connectivity index (χ0v) is 13.3. The molecule has 0 atom stereocenters. The normalized spacial score (nSPS) is 11.5. The van der Waals surface area contributed by atoms with Crippen LogP contribution in [0.15, 0.2) is 24.3 Å². The summed E-state index contributed by atoms with van der Waals surface area (Å²) in [4.78, 5) is 0. The van der Waals surface area contributed by atoms with Gasteiger partial charge in [-0.1, -0.05) is 25.7 Å². The van der Waals surface area contributed by atoms with Crippen molar-refractivity contribution in [3.05, 3.63) is 27.8 Å². The van der Waals surface area contributed by atoms with Gasteiger partial charge in [0, 0.05) is 18.3 Å². The molecule has 2 nitrogen and oxygen atoms in total. The molecule has 1 aromatic carbocycles. The van der Waals surface area contributed by atoms with Crippen LogP contribution in [-0.2, 0) is 4.74 Å². The molecule has 0 unspecified atom stereocenters. The Bertz CT molecular complexity index is 323. The molecule has 4 heteroatoms. The Morgan fingerprint density at radius 2 is 2.00 bits per heavy atom. The van der Waals surface area contributed by atoms with E-state index in [0.29, 0.717) is 6.79 Å². The lowest BCUT2D eigenvalue weighted by Gasteiger charge is -2.15. The van der Waals surface area contributed by atoms with Gasteiger partial charge in [-0.15, -0.1) is 0 Å². The predicted molar refractivity (Wildman–Crippen MR) is 78.8 cm³/mol. The molecule has 0 amide bonds. The monoisotopic (exact) mass is 350 g/mol. The second-order valence-corrected chi connectivity index (χ2v) is 11.8. The molecule has 0 radical (unpaired) electrons. The van der Waals surface area contributed by atoms with Crippen molar-refractivity contribution < 1.29 is 9.47 Å². The van der Waals surface area contributed by atoms with E-state index in [4.69, 9.17) is 9.47 Å². The third-order valence-corrected chi connectivity index (χ3v) is 4.48. The minimum absolute atomic E-state index is 0.352. The molecular weight excluding hydrogens is 331 g/mol. The van der Waals surface area contributed by atoms with E-state index in [1.165, 1.54) is 9.61 Å². The summed E-state index contributed by atoms with van der Waals surface area (Å²) >= 11 is 2.27. The summed E-state index contributed by atoms with van der Waals surface area (Å²) in [7, 11) is -0.977. The van der Waals surface area contributed by atoms with Gasteiger partial charge in [0.25, 0.3) is 0 Å². The number of ether oxygens (including phenoxy) is 2. The third kappa shape index (κ3) is 6.50. The predicted octanol–water partition coefficient (Wildman–Crippen LogP) is 3.98. The second-order valence-electron chi connectivity index (χ2n) is 4.94. The first-order valence-electron chi connectivity index (χ1n) is 5.43. The third-order valence-electron chi connectivity index (χ3n) is 2.10. The van der Waals surface area contributed by atoms with Crippen LogP contribution in [0.1, 0.15) is 0 Å². The SMILES string of the molecule is C[Si](C)(C)CCOCOc1cccc(I)c1. The lowest BCUT2D eigenvalue weighted by Crippen LogP contribution is -2.22. The molecule has 0 fully saturated rings. The van der Waals surface area contributed by atoms with Crippen LogP contribution >= 0.6 is 22.6 Å². The molecule has 0 spiro atoms. The Morgan fingerprint density at radius 1 is 1.25 bits per heavy atom. The van der Waals surface area contributed by atoms with Crippen LogP contribution in [0.3, 0.4) is 0 Å². The van der Waals surface area contributed by atoms with Crippen molar-refractivity contribution in [3.63, 3.8) is 0 Å². The van der Waals surface area contributed by atoms with E-state index in [1.807, 2.05) is 24.3 Å². The lowest BCUT2D eigenvalue weighted by atomic mass is 10.3. The number of hydrogen-bond acceptors (Lipinski definition) is 2. The summed E-state index contributed by atoms with van der Waals surface area (Å²) in [5.41, 5.74) is 0. The Kier molecular flexibility index (Phi) is 5.78. The number of rotatable bonds is 6. The van der Waals surface area contributed by atoms with Gasteiger partial charge in [-0.25, -0.2) is 0 Å². The first-order chi connectivity index (χ1) is 7.47. The molecule has 1 aromatic rings. The summed E-state index contributed by atoms with van der Waals surface area (Å²) in [6, 6.07) is 9.16. The van der Waals surface area contributed by atoms with Crippen molar-refractivity contribution >= 4 is 30.7 Å². The van der Waals surface area contributed by atoms with Crippen LogP contribution in [0.4, 0.5) is 0 Å². The van der Waals surface area contributed by atoms with Crippen LogP contribution in [0.25, 0.3) is 0 Å². The van der Waals surface area contributed by atoms with Gasteiger partial charge in [0.2, 0.25) is 0 Å². The van der Waals surface area contributed by atoms with Crippen molar-refractivity contribution in [1.82, 2.24) is 0 Å². The van der Waals surface area contributed by atoms with Crippen molar-refractivity contribution in [3.8, 4) is 5.75 Å². The highest BCUT2D eigenvalue weighted by atomic mass is 127. The quantitative estimate of drug-likeness (QED) is 0.334. The Morgan fingerprint density at radius 3 is 2.62 bits per heavy atom. The Hall–Kier alpha value is -0.0731. The highest BCUT2D eigenvalue weighted by molar-refractivity contribution is 14.1. The highest BCUT2D eigenvalue weighted by Crippen LogP contribution is 2.14. The fourth-order valence-electron chi connectivity index (χ4n) is 1.10. The van der Waals surface area contributed by atoms with Gasteiger partial charge in [0.1, 0.15) is 5.75 Å². The minimum atomic E-state index is -0.977. The average molecular weight is 350 g/mol. The van der Waals surface area contributed by atoms with E-state index in [9.17, 15) is 0 Å². The van der Waals surface area contributed by atoms with E-state index in [-0.39, 0.29) is 0 Å².